The molecule has 4 rings (SSSR count). The van der Waals surface area contributed by atoms with Crippen LogP contribution in [0.4, 0.5) is 11.4 Å². The summed E-state index contributed by atoms with van der Waals surface area (Å²) in [4.78, 5) is 52.3. The maximum atomic E-state index is 13.5. The van der Waals surface area contributed by atoms with Crippen LogP contribution < -0.4 is 20.7 Å². The maximum Gasteiger partial charge on any atom is 0.338 e. The summed E-state index contributed by atoms with van der Waals surface area (Å²) in [6.07, 6.45) is 2.13. The number of carbonyl (C=O) groups is 4. The normalized spacial score (nSPS) is 11.6. The second-order valence-corrected chi connectivity index (χ2v) is 11.2. The van der Waals surface area contributed by atoms with E-state index in [9.17, 15) is 19.2 Å². The first kappa shape index (κ1) is 33.5. The lowest BCUT2D eigenvalue weighted by atomic mass is 10.1. The number of rotatable bonds is 13. The minimum absolute atomic E-state index is 0.0416. The minimum Gasteiger partial charge on any atom is -0.497 e. The van der Waals surface area contributed by atoms with Crippen molar-refractivity contribution >= 4 is 52.9 Å². The highest BCUT2D eigenvalue weighted by Gasteiger charge is 2.20. The van der Waals surface area contributed by atoms with Crippen LogP contribution in [0.3, 0.4) is 0 Å². The van der Waals surface area contributed by atoms with Gasteiger partial charge < -0.3 is 25.4 Å². The van der Waals surface area contributed by atoms with Gasteiger partial charge in [0.25, 0.3) is 11.8 Å². The smallest absolute Gasteiger partial charge is 0.338 e. The third kappa shape index (κ3) is 9.57. The van der Waals surface area contributed by atoms with Gasteiger partial charge in [-0.1, -0.05) is 43.3 Å². The summed E-state index contributed by atoms with van der Waals surface area (Å²) in [5.74, 6) is -0.962. The standard InChI is InChI=1S/C36H35N3O6S/c1-4-32(35(42)37-27-19-17-26(18-20-27)36(43)45-5-2)46-30-16-10-14-28(23-30)38-34(41)31(22-24-11-9-15-29(21-24)44-3)39-33(40)25-12-7-6-8-13-25/h6-23,32H,4-5H2,1-3H3,(H,37,42)(H,38,41)(H,39,40)/b31-22-. The number of esters is 1. The van der Waals surface area contributed by atoms with Gasteiger partial charge in [0.05, 0.1) is 24.5 Å². The molecule has 4 aromatic carbocycles. The van der Waals surface area contributed by atoms with E-state index in [0.717, 1.165) is 4.90 Å². The Bertz CT molecular complexity index is 1710. The first-order valence-electron chi connectivity index (χ1n) is 14.7. The van der Waals surface area contributed by atoms with Crippen LogP contribution >= 0.6 is 11.8 Å². The molecule has 0 fully saturated rings. The van der Waals surface area contributed by atoms with E-state index >= 15 is 0 Å². The second-order valence-electron chi connectivity index (χ2n) is 9.94. The van der Waals surface area contributed by atoms with Gasteiger partial charge in [0.1, 0.15) is 11.4 Å². The van der Waals surface area contributed by atoms with E-state index in [4.69, 9.17) is 9.47 Å². The van der Waals surface area contributed by atoms with Crippen molar-refractivity contribution in [1.82, 2.24) is 5.32 Å². The van der Waals surface area contributed by atoms with E-state index < -0.39 is 23.0 Å². The number of carbonyl (C=O) groups excluding carboxylic acids is 4. The zero-order chi connectivity index (χ0) is 32.9. The number of thioether (sulfide) groups is 1. The molecule has 0 aromatic heterocycles. The fourth-order valence-corrected chi connectivity index (χ4v) is 5.31. The minimum atomic E-state index is -0.523. The van der Waals surface area contributed by atoms with Gasteiger partial charge in [-0.3, -0.25) is 14.4 Å². The van der Waals surface area contributed by atoms with Gasteiger partial charge in [-0.15, -0.1) is 11.8 Å². The highest BCUT2D eigenvalue weighted by atomic mass is 32.2. The maximum absolute atomic E-state index is 13.5. The summed E-state index contributed by atoms with van der Waals surface area (Å²) in [6, 6.07) is 29.4. The fourth-order valence-electron chi connectivity index (χ4n) is 4.30. The topological polar surface area (TPSA) is 123 Å². The van der Waals surface area contributed by atoms with E-state index in [1.165, 1.54) is 11.8 Å². The van der Waals surface area contributed by atoms with Crippen LogP contribution in [0.15, 0.2) is 114 Å². The van der Waals surface area contributed by atoms with E-state index in [0.29, 0.717) is 40.2 Å². The molecule has 4 aromatic rings. The molecule has 0 saturated heterocycles. The summed E-state index contributed by atoms with van der Waals surface area (Å²) in [6.45, 7) is 3.94. The van der Waals surface area contributed by atoms with Crippen molar-refractivity contribution < 1.29 is 28.7 Å². The van der Waals surface area contributed by atoms with Gasteiger partial charge in [-0.2, -0.15) is 0 Å². The summed E-state index contributed by atoms with van der Waals surface area (Å²) < 4.78 is 10.3. The molecule has 0 saturated carbocycles. The number of hydrogen-bond acceptors (Lipinski definition) is 7. The van der Waals surface area contributed by atoms with E-state index in [2.05, 4.69) is 16.0 Å². The summed E-state index contributed by atoms with van der Waals surface area (Å²) in [5.41, 5.74) is 2.57. The second kappa shape index (κ2) is 16.6. The Balaban J connectivity index is 1.47. The van der Waals surface area contributed by atoms with Crippen molar-refractivity contribution in [2.24, 2.45) is 0 Å². The number of methoxy groups -OCH3 is 1. The van der Waals surface area contributed by atoms with Crippen molar-refractivity contribution in [3.05, 3.63) is 126 Å². The van der Waals surface area contributed by atoms with Crippen LogP contribution in [-0.2, 0) is 14.3 Å². The SMILES string of the molecule is CCOC(=O)c1ccc(NC(=O)C(CC)Sc2cccc(NC(=O)/C(=C/c3cccc(OC)c3)NC(=O)c3ccccc3)c2)cc1. The number of nitrogens with one attached hydrogen (secondary N) is 3. The van der Waals surface area contributed by atoms with Crippen molar-refractivity contribution in [2.75, 3.05) is 24.4 Å². The predicted molar refractivity (Wildman–Crippen MR) is 181 cm³/mol. The average molecular weight is 638 g/mol. The highest BCUT2D eigenvalue weighted by Crippen LogP contribution is 2.29. The first-order valence-corrected chi connectivity index (χ1v) is 15.6. The Morgan fingerprint density at radius 3 is 2.22 bits per heavy atom. The fraction of sp³-hybridized carbons (Fsp3) is 0.167. The molecule has 10 heteroatoms. The molecule has 0 heterocycles. The first-order chi connectivity index (χ1) is 22.3. The van der Waals surface area contributed by atoms with Crippen molar-refractivity contribution in [3.8, 4) is 5.75 Å². The summed E-state index contributed by atoms with van der Waals surface area (Å²) in [7, 11) is 1.55. The van der Waals surface area contributed by atoms with E-state index in [1.54, 1.807) is 117 Å². The predicted octanol–water partition coefficient (Wildman–Crippen LogP) is 6.79. The molecule has 0 aliphatic rings. The molecule has 3 N–H and O–H groups in total. The molecule has 1 atom stereocenters. The number of amides is 3. The molecule has 1 unspecified atom stereocenters. The lowest BCUT2D eigenvalue weighted by Gasteiger charge is -2.16. The quantitative estimate of drug-likeness (QED) is 0.0838. The Hall–Kier alpha value is -5.35. The molecule has 0 aliphatic carbocycles. The van der Waals surface area contributed by atoms with Crippen LogP contribution in [0.5, 0.6) is 5.75 Å². The Labute approximate surface area is 272 Å². The molecule has 0 bridgehead atoms. The monoisotopic (exact) mass is 637 g/mol. The van der Waals surface area contributed by atoms with E-state index in [1.807, 2.05) is 13.0 Å². The van der Waals surface area contributed by atoms with Gasteiger partial charge in [0.2, 0.25) is 5.91 Å². The lowest BCUT2D eigenvalue weighted by molar-refractivity contribution is -0.116. The molecule has 3 amide bonds. The Morgan fingerprint density at radius 1 is 0.783 bits per heavy atom. The van der Waals surface area contributed by atoms with Crippen molar-refractivity contribution in [2.45, 2.75) is 30.4 Å². The molecule has 0 spiro atoms. The van der Waals surface area contributed by atoms with Crippen molar-refractivity contribution in [1.29, 1.82) is 0 Å². The largest absolute Gasteiger partial charge is 0.497 e. The molecule has 9 nitrogen and oxygen atoms in total. The van der Waals surface area contributed by atoms with E-state index in [-0.39, 0.29) is 18.2 Å². The zero-order valence-corrected chi connectivity index (χ0v) is 26.6. The molecule has 0 aliphatic heterocycles. The van der Waals surface area contributed by atoms with Gasteiger partial charge in [0.15, 0.2) is 0 Å². The Morgan fingerprint density at radius 2 is 1.52 bits per heavy atom. The molecular formula is C36H35N3O6S. The average Bonchev–Trinajstić information content (AvgIpc) is 3.07. The van der Waals surface area contributed by atoms with Crippen LogP contribution in [0, 0.1) is 0 Å². The van der Waals surface area contributed by atoms with Gasteiger partial charge in [-0.05, 0) is 91.7 Å². The summed E-state index contributed by atoms with van der Waals surface area (Å²) in [5, 5.41) is 8.07. The number of ether oxygens (including phenoxy) is 2. The molecular weight excluding hydrogens is 602 g/mol. The van der Waals surface area contributed by atoms with Crippen LogP contribution in [-0.4, -0.2) is 42.7 Å². The van der Waals surface area contributed by atoms with Gasteiger partial charge in [0, 0.05) is 21.8 Å². The number of benzene rings is 4. The lowest BCUT2D eigenvalue weighted by Crippen LogP contribution is -2.30. The Kier molecular flexibility index (Phi) is 12.1. The third-order valence-corrected chi connectivity index (χ3v) is 7.99. The van der Waals surface area contributed by atoms with Crippen LogP contribution in [0.2, 0.25) is 0 Å². The van der Waals surface area contributed by atoms with Gasteiger partial charge in [-0.25, -0.2) is 4.79 Å². The van der Waals surface area contributed by atoms with Crippen LogP contribution in [0.25, 0.3) is 6.08 Å². The van der Waals surface area contributed by atoms with Crippen molar-refractivity contribution in [3.63, 3.8) is 0 Å². The molecule has 46 heavy (non-hydrogen) atoms. The number of anilines is 2. The van der Waals surface area contributed by atoms with Gasteiger partial charge >= 0.3 is 5.97 Å². The van der Waals surface area contributed by atoms with Crippen LogP contribution in [0.1, 0.15) is 46.5 Å². The zero-order valence-electron chi connectivity index (χ0n) is 25.7. The third-order valence-electron chi connectivity index (χ3n) is 6.63. The number of hydrogen-bond donors (Lipinski definition) is 3. The summed E-state index contributed by atoms with van der Waals surface area (Å²) >= 11 is 1.36. The molecule has 0 radical (unpaired) electrons. The highest BCUT2D eigenvalue weighted by molar-refractivity contribution is 8.00. The molecule has 236 valence electrons.